The molecule has 0 saturated heterocycles. The third-order valence-electron chi connectivity index (χ3n) is 2.92. The highest BCUT2D eigenvalue weighted by molar-refractivity contribution is 6.17. The van der Waals surface area contributed by atoms with Crippen molar-refractivity contribution in [2.45, 2.75) is 27.2 Å². The van der Waals surface area contributed by atoms with E-state index in [1.54, 1.807) is 0 Å². The Morgan fingerprint density at radius 1 is 1.32 bits per heavy atom. The maximum Gasteiger partial charge on any atom is 0.338 e. The lowest BCUT2D eigenvalue weighted by atomic mass is 9.90. The Kier molecular flexibility index (Phi) is 6.07. The molecule has 0 saturated carbocycles. The van der Waals surface area contributed by atoms with E-state index in [0.29, 0.717) is 18.6 Å². The van der Waals surface area contributed by atoms with Gasteiger partial charge in [-0.2, -0.15) is 0 Å². The van der Waals surface area contributed by atoms with Crippen molar-refractivity contribution >= 4 is 11.5 Å². The maximum atomic E-state index is 12.3. The number of hydrogen-bond donors (Lipinski definition) is 0. The van der Waals surface area contributed by atoms with Crippen molar-refractivity contribution in [1.82, 2.24) is 0 Å². The predicted octanol–water partition coefficient (Wildman–Crippen LogP) is 4.24. The van der Waals surface area contributed by atoms with Gasteiger partial charge in [-0.25, -0.2) is 4.79 Å². The fourth-order valence-corrected chi connectivity index (χ4v) is 2.02. The molecule has 0 unspecified atom stereocenters. The monoisotopic (exact) mass is 258 g/mol. The smallest absolute Gasteiger partial charge is 0.338 e. The third-order valence-corrected chi connectivity index (χ3v) is 2.92. The molecule has 0 bridgehead atoms. The minimum atomic E-state index is -0.251. The first-order valence-corrected chi connectivity index (χ1v) is 6.68. The van der Waals surface area contributed by atoms with Gasteiger partial charge in [0.25, 0.3) is 0 Å². The Hall–Kier alpha value is -1.83. The van der Waals surface area contributed by atoms with Crippen molar-refractivity contribution in [2.24, 2.45) is 5.92 Å². The molecule has 0 spiro atoms. The minimum Gasteiger partial charge on any atom is -0.462 e. The molecule has 2 heteroatoms. The van der Waals surface area contributed by atoms with E-state index >= 15 is 0 Å². The zero-order valence-corrected chi connectivity index (χ0v) is 12.0. The first-order chi connectivity index (χ1) is 9.11. The van der Waals surface area contributed by atoms with Crippen LogP contribution in [0.25, 0.3) is 5.57 Å². The van der Waals surface area contributed by atoms with E-state index in [2.05, 4.69) is 20.4 Å². The van der Waals surface area contributed by atoms with Crippen molar-refractivity contribution in [3.8, 4) is 0 Å². The summed E-state index contributed by atoms with van der Waals surface area (Å²) in [7, 11) is 0. The minimum absolute atomic E-state index is 0.251. The lowest BCUT2D eigenvalue weighted by molar-refractivity contribution is -0.136. The van der Waals surface area contributed by atoms with Gasteiger partial charge in [-0.15, -0.1) is 6.58 Å². The summed E-state index contributed by atoms with van der Waals surface area (Å²) in [5, 5.41) is 0. The number of hydrogen-bond acceptors (Lipinski definition) is 2. The standard InChI is InChI=1S/C17H22O2/c1-5-10-15(13(3)4)16(17(18)19-6-2)14-11-8-7-9-12-14/h5,7-9,11-13H,1,6,10H2,2-4H3/b16-15+. The average molecular weight is 258 g/mol. The molecule has 0 fully saturated rings. The van der Waals surface area contributed by atoms with Crippen LogP contribution in [0.5, 0.6) is 0 Å². The highest BCUT2D eigenvalue weighted by Gasteiger charge is 2.19. The van der Waals surface area contributed by atoms with Crippen LogP contribution in [-0.4, -0.2) is 12.6 Å². The number of rotatable bonds is 6. The molecule has 2 nitrogen and oxygen atoms in total. The number of ether oxygens (including phenoxy) is 1. The lowest BCUT2D eigenvalue weighted by Gasteiger charge is -2.16. The van der Waals surface area contributed by atoms with Gasteiger partial charge >= 0.3 is 5.97 Å². The van der Waals surface area contributed by atoms with E-state index in [4.69, 9.17) is 4.74 Å². The molecular weight excluding hydrogens is 236 g/mol. The van der Waals surface area contributed by atoms with Crippen molar-refractivity contribution in [3.05, 3.63) is 54.1 Å². The predicted molar refractivity (Wildman–Crippen MR) is 79.6 cm³/mol. The Labute approximate surface area is 115 Å². The van der Waals surface area contributed by atoms with E-state index < -0.39 is 0 Å². The first-order valence-electron chi connectivity index (χ1n) is 6.68. The van der Waals surface area contributed by atoms with Gasteiger partial charge in [0.05, 0.1) is 12.2 Å². The number of benzene rings is 1. The molecule has 0 aliphatic carbocycles. The highest BCUT2D eigenvalue weighted by Crippen LogP contribution is 2.28. The van der Waals surface area contributed by atoms with Crippen molar-refractivity contribution < 1.29 is 9.53 Å². The van der Waals surface area contributed by atoms with Gasteiger partial charge in [-0.3, -0.25) is 0 Å². The Morgan fingerprint density at radius 3 is 2.42 bits per heavy atom. The second kappa shape index (κ2) is 7.57. The largest absolute Gasteiger partial charge is 0.462 e. The van der Waals surface area contributed by atoms with Crippen LogP contribution >= 0.6 is 0 Å². The number of allylic oxidation sites excluding steroid dienone is 2. The van der Waals surface area contributed by atoms with Crippen LogP contribution < -0.4 is 0 Å². The van der Waals surface area contributed by atoms with Gasteiger partial charge in [0, 0.05) is 0 Å². The van der Waals surface area contributed by atoms with Crippen LogP contribution in [0.15, 0.2) is 48.6 Å². The first kappa shape index (κ1) is 15.2. The zero-order valence-electron chi connectivity index (χ0n) is 12.0. The van der Waals surface area contributed by atoms with Crippen molar-refractivity contribution in [2.75, 3.05) is 6.61 Å². The van der Waals surface area contributed by atoms with Gasteiger partial charge in [0.2, 0.25) is 0 Å². The Balaban J connectivity index is 3.36. The second-order valence-corrected chi connectivity index (χ2v) is 4.63. The fraction of sp³-hybridized carbons (Fsp3) is 0.353. The van der Waals surface area contributed by atoms with Gasteiger partial charge in [0.1, 0.15) is 0 Å². The molecule has 0 aliphatic rings. The second-order valence-electron chi connectivity index (χ2n) is 4.63. The molecular formula is C17H22O2. The molecule has 102 valence electrons. The van der Waals surface area contributed by atoms with Crippen LogP contribution in [0.2, 0.25) is 0 Å². The number of carbonyl (C=O) groups is 1. The summed E-state index contributed by atoms with van der Waals surface area (Å²) < 4.78 is 5.20. The molecule has 0 heterocycles. The van der Waals surface area contributed by atoms with Crippen LogP contribution in [0.4, 0.5) is 0 Å². The number of esters is 1. The van der Waals surface area contributed by atoms with Gasteiger partial charge in [0.15, 0.2) is 0 Å². The molecule has 0 radical (unpaired) electrons. The summed E-state index contributed by atoms with van der Waals surface area (Å²) in [6.07, 6.45) is 2.53. The van der Waals surface area contributed by atoms with E-state index in [1.807, 2.05) is 43.3 Å². The van der Waals surface area contributed by atoms with Crippen LogP contribution in [0.1, 0.15) is 32.8 Å². The normalized spacial score (nSPS) is 12.0. The summed E-state index contributed by atoms with van der Waals surface area (Å²) in [5.74, 6) is 0.0249. The summed E-state index contributed by atoms with van der Waals surface area (Å²) in [6, 6.07) is 9.69. The van der Waals surface area contributed by atoms with Gasteiger partial charge < -0.3 is 4.74 Å². The highest BCUT2D eigenvalue weighted by atomic mass is 16.5. The Morgan fingerprint density at radius 2 is 1.95 bits per heavy atom. The topological polar surface area (TPSA) is 26.3 Å². The van der Waals surface area contributed by atoms with E-state index in [-0.39, 0.29) is 11.9 Å². The molecule has 0 atom stereocenters. The summed E-state index contributed by atoms with van der Waals surface area (Å²) in [6.45, 7) is 10.2. The average Bonchev–Trinajstić information content (AvgIpc) is 2.39. The SMILES string of the molecule is C=CC/C(=C(\C(=O)OCC)c1ccccc1)C(C)C. The molecule has 19 heavy (non-hydrogen) atoms. The number of carbonyl (C=O) groups excluding carboxylic acids is 1. The summed E-state index contributed by atoms with van der Waals surface area (Å²) in [5.41, 5.74) is 2.66. The fourth-order valence-electron chi connectivity index (χ4n) is 2.02. The molecule has 0 amide bonds. The lowest BCUT2D eigenvalue weighted by Crippen LogP contribution is -2.11. The Bertz CT molecular complexity index is 455. The van der Waals surface area contributed by atoms with Crippen LogP contribution in [-0.2, 0) is 9.53 Å². The van der Waals surface area contributed by atoms with Gasteiger partial charge in [-0.05, 0) is 30.4 Å². The zero-order chi connectivity index (χ0) is 14.3. The third kappa shape index (κ3) is 4.09. The van der Waals surface area contributed by atoms with Crippen molar-refractivity contribution in [3.63, 3.8) is 0 Å². The molecule has 0 aliphatic heterocycles. The molecule has 0 aromatic heterocycles. The van der Waals surface area contributed by atoms with E-state index in [9.17, 15) is 4.79 Å². The molecule has 1 aromatic carbocycles. The van der Waals surface area contributed by atoms with Crippen LogP contribution in [0, 0.1) is 5.92 Å². The summed E-state index contributed by atoms with van der Waals surface area (Å²) >= 11 is 0. The van der Waals surface area contributed by atoms with Crippen LogP contribution in [0.3, 0.4) is 0 Å². The molecule has 0 N–H and O–H groups in total. The van der Waals surface area contributed by atoms with E-state index in [0.717, 1.165) is 11.1 Å². The van der Waals surface area contributed by atoms with Gasteiger partial charge in [-0.1, -0.05) is 50.3 Å². The maximum absolute atomic E-state index is 12.3. The van der Waals surface area contributed by atoms with E-state index in [1.165, 1.54) is 0 Å². The molecule has 1 rings (SSSR count). The summed E-state index contributed by atoms with van der Waals surface area (Å²) in [4.78, 5) is 12.3. The van der Waals surface area contributed by atoms with Crippen molar-refractivity contribution in [1.29, 1.82) is 0 Å². The molecule has 1 aromatic rings. The quantitative estimate of drug-likeness (QED) is 0.433.